The van der Waals surface area contributed by atoms with Crippen molar-refractivity contribution in [3.63, 3.8) is 0 Å². The van der Waals surface area contributed by atoms with E-state index >= 15 is 0 Å². The van der Waals surface area contributed by atoms with Crippen molar-refractivity contribution in [2.24, 2.45) is 0 Å². The molecule has 0 saturated carbocycles. The van der Waals surface area contributed by atoms with E-state index in [0.717, 1.165) is 29.3 Å². The molecule has 0 fully saturated rings. The summed E-state index contributed by atoms with van der Waals surface area (Å²) >= 11 is 1.72. The SMILES string of the molecule is C[C@@H](c1ccccc1)N1CSc2nnc(COc3ccc4ccccc4c3)n2C1. The Labute approximate surface area is 174 Å². The van der Waals surface area contributed by atoms with Gasteiger partial charge in [0.25, 0.3) is 0 Å². The number of ether oxygens (including phenoxy) is 1. The van der Waals surface area contributed by atoms with Crippen LogP contribution in [0.25, 0.3) is 10.8 Å². The number of rotatable bonds is 5. The predicted molar refractivity (Wildman–Crippen MR) is 116 cm³/mol. The fourth-order valence-electron chi connectivity index (χ4n) is 3.62. The molecule has 5 rings (SSSR count). The lowest BCUT2D eigenvalue weighted by Gasteiger charge is -2.33. The summed E-state index contributed by atoms with van der Waals surface area (Å²) in [7, 11) is 0. The highest BCUT2D eigenvalue weighted by Gasteiger charge is 2.25. The summed E-state index contributed by atoms with van der Waals surface area (Å²) in [4.78, 5) is 2.43. The van der Waals surface area contributed by atoms with Gasteiger partial charge in [-0.1, -0.05) is 72.4 Å². The third-order valence-electron chi connectivity index (χ3n) is 5.39. The number of fused-ring (bicyclic) bond motifs is 2. The number of nitrogens with zero attached hydrogens (tertiary/aromatic N) is 4. The molecular formula is C23H22N4OS. The Balaban J connectivity index is 1.31. The Hall–Kier alpha value is -2.83. The molecule has 29 heavy (non-hydrogen) atoms. The maximum atomic E-state index is 6.05. The molecule has 1 aromatic heterocycles. The first-order chi connectivity index (χ1) is 14.3. The molecule has 0 unspecified atom stereocenters. The van der Waals surface area contributed by atoms with Crippen LogP contribution in [0.5, 0.6) is 5.75 Å². The van der Waals surface area contributed by atoms with Gasteiger partial charge < -0.3 is 4.74 Å². The van der Waals surface area contributed by atoms with Crippen LogP contribution in [0, 0.1) is 0 Å². The summed E-state index contributed by atoms with van der Waals surface area (Å²) in [6, 6.07) is 25.4. The average molecular weight is 403 g/mol. The highest BCUT2D eigenvalue weighted by molar-refractivity contribution is 7.99. The molecule has 0 N–H and O–H groups in total. The van der Waals surface area contributed by atoms with Crippen molar-refractivity contribution in [3.05, 3.63) is 84.2 Å². The van der Waals surface area contributed by atoms with E-state index in [1.165, 1.54) is 16.3 Å². The van der Waals surface area contributed by atoms with E-state index in [1.54, 1.807) is 11.8 Å². The molecule has 6 heteroatoms. The van der Waals surface area contributed by atoms with Gasteiger partial charge in [0, 0.05) is 6.04 Å². The third-order valence-corrected chi connectivity index (χ3v) is 6.42. The van der Waals surface area contributed by atoms with Gasteiger partial charge in [0.1, 0.15) is 12.4 Å². The average Bonchev–Trinajstić information content (AvgIpc) is 3.20. The summed E-state index contributed by atoms with van der Waals surface area (Å²) in [5.74, 6) is 2.60. The Morgan fingerprint density at radius 2 is 1.76 bits per heavy atom. The Morgan fingerprint density at radius 3 is 2.62 bits per heavy atom. The van der Waals surface area contributed by atoms with Gasteiger partial charge in [-0.15, -0.1) is 10.2 Å². The van der Waals surface area contributed by atoms with Crippen LogP contribution < -0.4 is 4.74 Å². The van der Waals surface area contributed by atoms with E-state index in [-0.39, 0.29) is 0 Å². The molecule has 1 atom stereocenters. The molecule has 5 nitrogen and oxygen atoms in total. The van der Waals surface area contributed by atoms with Crippen LogP contribution in [-0.2, 0) is 13.3 Å². The summed E-state index contributed by atoms with van der Waals surface area (Å²) in [5, 5.41) is 12.1. The quantitative estimate of drug-likeness (QED) is 0.465. The van der Waals surface area contributed by atoms with Gasteiger partial charge in [0.05, 0.1) is 12.5 Å². The molecule has 1 aliphatic heterocycles. The van der Waals surface area contributed by atoms with E-state index in [4.69, 9.17) is 4.74 Å². The van der Waals surface area contributed by atoms with Gasteiger partial charge in [-0.25, -0.2) is 0 Å². The fourth-order valence-corrected chi connectivity index (χ4v) is 4.62. The fraction of sp³-hybridized carbons (Fsp3) is 0.217. The Morgan fingerprint density at radius 1 is 0.966 bits per heavy atom. The molecule has 0 spiro atoms. The van der Waals surface area contributed by atoms with Crippen LogP contribution in [0.3, 0.4) is 0 Å². The van der Waals surface area contributed by atoms with E-state index in [0.29, 0.717) is 12.6 Å². The third kappa shape index (κ3) is 3.73. The lowest BCUT2D eigenvalue weighted by atomic mass is 10.1. The van der Waals surface area contributed by atoms with Crippen LogP contribution in [0.4, 0.5) is 0 Å². The van der Waals surface area contributed by atoms with Crippen LogP contribution in [0.1, 0.15) is 24.4 Å². The number of hydrogen-bond donors (Lipinski definition) is 0. The minimum Gasteiger partial charge on any atom is -0.486 e. The lowest BCUT2D eigenvalue weighted by Crippen LogP contribution is -2.33. The van der Waals surface area contributed by atoms with Crippen LogP contribution in [-0.4, -0.2) is 25.5 Å². The smallest absolute Gasteiger partial charge is 0.193 e. The summed E-state index contributed by atoms with van der Waals surface area (Å²) in [6.45, 7) is 3.41. The molecule has 4 aromatic rings. The standard InChI is InChI=1S/C23H22N4OS/c1-17(18-7-3-2-4-8-18)26-15-27-22(24-25-23(27)29-16-26)14-28-21-12-11-19-9-5-6-10-20(19)13-21/h2-13,17H,14-16H2,1H3/t17-/m0/s1. The van der Waals surface area contributed by atoms with E-state index < -0.39 is 0 Å². The first-order valence-corrected chi connectivity index (χ1v) is 10.7. The molecule has 0 saturated heterocycles. The maximum absolute atomic E-state index is 6.05. The van der Waals surface area contributed by atoms with Gasteiger partial charge in [-0.05, 0) is 35.4 Å². The van der Waals surface area contributed by atoms with Crippen LogP contribution in [0.2, 0.25) is 0 Å². The van der Waals surface area contributed by atoms with Crippen LogP contribution in [0.15, 0.2) is 78.0 Å². The summed E-state index contributed by atoms with van der Waals surface area (Å²) < 4.78 is 8.22. The van der Waals surface area contributed by atoms with Gasteiger partial charge >= 0.3 is 0 Å². The van der Waals surface area contributed by atoms with Crippen molar-refractivity contribution >= 4 is 22.5 Å². The van der Waals surface area contributed by atoms with Crippen molar-refractivity contribution in [1.82, 2.24) is 19.7 Å². The molecule has 3 aromatic carbocycles. The van der Waals surface area contributed by atoms with Crippen molar-refractivity contribution in [2.75, 3.05) is 5.88 Å². The molecular weight excluding hydrogens is 380 g/mol. The second-order valence-corrected chi connectivity index (χ2v) is 8.13. The summed E-state index contributed by atoms with van der Waals surface area (Å²) in [5.41, 5.74) is 1.32. The molecule has 0 radical (unpaired) electrons. The minimum absolute atomic E-state index is 0.327. The van der Waals surface area contributed by atoms with Gasteiger partial charge in [0.15, 0.2) is 11.0 Å². The molecule has 0 bridgehead atoms. The number of aromatic nitrogens is 3. The number of benzene rings is 3. The topological polar surface area (TPSA) is 43.2 Å². The zero-order valence-corrected chi connectivity index (χ0v) is 17.0. The number of hydrogen-bond acceptors (Lipinski definition) is 5. The molecule has 1 aliphatic rings. The normalized spacial score (nSPS) is 15.2. The highest BCUT2D eigenvalue weighted by atomic mass is 32.2. The molecule has 0 aliphatic carbocycles. The van der Waals surface area contributed by atoms with Crippen molar-refractivity contribution in [3.8, 4) is 5.75 Å². The lowest BCUT2D eigenvalue weighted by molar-refractivity contribution is 0.172. The molecule has 0 amide bonds. The van der Waals surface area contributed by atoms with Crippen molar-refractivity contribution in [1.29, 1.82) is 0 Å². The van der Waals surface area contributed by atoms with Crippen LogP contribution >= 0.6 is 11.8 Å². The van der Waals surface area contributed by atoms with Crippen molar-refractivity contribution in [2.45, 2.75) is 31.4 Å². The second kappa shape index (κ2) is 7.89. The first kappa shape index (κ1) is 18.2. The Bertz CT molecular complexity index is 1130. The van der Waals surface area contributed by atoms with Gasteiger partial charge in [0.2, 0.25) is 0 Å². The largest absolute Gasteiger partial charge is 0.486 e. The minimum atomic E-state index is 0.327. The van der Waals surface area contributed by atoms with Crippen molar-refractivity contribution < 1.29 is 4.74 Å². The Kier molecular flexibility index (Phi) is 4.96. The molecule has 146 valence electrons. The highest BCUT2D eigenvalue weighted by Crippen LogP contribution is 2.31. The monoisotopic (exact) mass is 402 g/mol. The first-order valence-electron chi connectivity index (χ1n) is 9.73. The second-order valence-electron chi connectivity index (χ2n) is 7.21. The van der Waals surface area contributed by atoms with E-state index in [9.17, 15) is 0 Å². The maximum Gasteiger partial charge on any atom is 0.193 e. The van der Waals surface area contributed by atoms with E-state index in [2.05, 4.69) is 81.2 Å². The predicted octanol–water partition coefficient (Wildman–Crippen LogP) is 5.09. The summed E-state index contributed by atoms with van der Waals surface area (Å²) in [6.07, 6.45) is 0. The molecule has 2 heterocycles. The van der Waals surface area contributed by atoms with Gasteiger partial charge in [-0.2, -0.15) is 0 Å². The zero-order chi connectivity index (χ0) is 19.6. The van der Waals surface area contributed by atoms with E-state index in [1.807, 2.05) is 18.2 Å². The van der Waals surface area contributed by atoms with Gasteiger partial charge in [-0.3, -0.25) is 9.47 Å². The zero-order valence-electron chi connectivity index (χ0n) is 16.2. The number of thioether (sulfide) groups is 1.